The van der Waals surface area contributed by atoms with Gasteiger partial charge in [-0.1, -0.05) is 18.2 Å². The molecule has 0 aliphatic rings. The third-order valence-corrected chi connectivity index (χ3v) is 0.353. The Bertz CT molecular complexity index is 89.1. The van der Waals surface area contributed by atoms with Crippen LogP contribution in [0.4, 0.5) is 4.79 Å². The van der Waals surface area contributed by atoms with Crippen LogP contribution in [0.1, 0.15) is 0 Å². The molecule has 0 aliphatic heterocycles. The summed E-state index contributed by atoms with van der Waals surface area (Å²) in [4.78, 5) is 9.78. The molecule has 0 aromatic carbocycles. The van der Waals surface area contributed by atoms with Crippen molar-refractivity contribution in [2.45, 2.75) is 0 Å². The van der Waals surface area contributed by atoms with Gasteiger partial charge in [-0.2, -0.15) is 0 Å². The van der Waals surface area contributed by atoms with Crippen molar-refractivity contribution in [3.05, 3.63) is 11.7 Å². The molecule has 0 saturated carbocycles. The van der Waals surface area contributed by atoms with Crippen LogP contribution in [0, 0.1) is 0 Å². The van der Waals surface area contributed by atoms with Gasteiger partial charge in [-0.3, -0.25) is 5.32 Å². The Balaban J connectivity index is 3.32. The number of carbonyl (C=O) groups excluding carboxylic acids is 1. The highest BCUT2D eigenvalue weighted by Gasteiger charge is 1.87. The highest BCUT2D eigenvalue weighted by Crippen LogP contribution is 1.85. The van der Waals surface area contributed by atoms with Crippen LogP contribution < -0.4 is 11.1 Å². The van der Waals surface area contributed by atoms with Crippen molar-refractivity contribution in [1.29, 1.82) is 0 Å². The molecule has 0 bridgehead atoms. The van der Waals surface area contributed by atoms with E-state index in [-0.39, 0.29) is 5.16 Å². The molecule has 7 heavy (non-hydrogen) atoms. The molecule has 0 aromatic rings. The Kier molecular flexibility index (Phi) is 2.22. The molecule has 0 rings (SSSR count). The summed E-state index contributed by atoms with van der Waals surface area (Å²) < 4.78 is 0. The van der Waals surface area contributed by atoms with E-state index in [4.69, 9.17) is 11.6 Å². The van der Waals surface area contributed by atoms with Crippen LogP contribution in [0.25, 0.3) is 0 Å². The lowest BCUT2D eigenvalue weighted by atomic mass is 10.9. The maximum atomic E-state index is 9.78. The second-order valence-electron chi connectivity index (χ2n) is 0.894. The van der Waals surface area contributed by atoms with Gasteiger partial charge in [-0.25, -0.2) is 4.79 Å². The number of hydrogen-bond acceptors (Lipinski definition) is 1. The van der Waals surface area contributed by atoms with Crippen molar-refractivity contribution >= 4 is 17.6 Å². The van der Waals surface area contributed by atoms with Gasteiger partial charge >= 0.3 is 6.03 Å². The van der Waals surface area contributed by atoms with Crippen LogP contribution in [-0.4, -0.2) is 6.03 Å². The first-order valence-corrected chi connectivity index (χ1v) is 1.91. The first kappa shape index (κ1) is 6.30. The highest BCUT2D eigenvalue weighted by molar-refractivity contribution is 6.29. The normalized spacial score (nSPS) is 7.57. The predicted octanol–water partition coefficient (Wildman–Crippen LogP) is 0.365. The number of amides is 2. The summed E-state index contributed by atoms with van der Waals surface area (Å²) in [6.45, 7) is 3.15. The van der Waals surface area contributed by atoms with E-state index >= 15 is 0 Å². The molecular formula is C3H5ClN2O. The van der Waals surface area contributed by atoms with Crippen LogP contribution in [-0.2, 0) is 0 Å². The van der Waals surface area contributed by atoms with Gasteiger partial charge in [0.15, 0.2) is 0 Å². The molecule has 0 unspecified atom stereocenters. The summed E-state index contributed by atoms with van der Waals surface area (Å²) in [6, 6.07) is -0.694. The lowest BCUT2D eigenvalue weighted by Gasteiger charge is -1.91. The van der Waals surface area contributed by atoms with Gasteiger partial charge in [0, 0.05) is 0 Å². The molecule has 0 aromatic heterocycles. The minimum atomic E-state index is -0.694. The fraction of sp³-hybridized carbons (Fsp3) is 0. The number of hydrogen-bond donors (Lipinski definition) is 2. The van der Waals surface area contributed by atoms with Gasteiger partial charge in [0.25, 0.3) is 0 Å². The molecule has 40 valence electrons. The first-order valence-electron chi connectivity index (χ1n) is 1.54. The maximum Gasteiger partial charge on any atom is 0.317 e. The van der Waals surface area contributed by atoms with Gasteiger partial charge in [0.1, 0.15) is 5.16 Å². The minimum Gasteiger partial charge on any atom is -0.351 e. The number of rotatable bonds is 1. The second kappa shape index (κ2) is 2.47. The van der Waals surface area contributed by atoms with E-state index in [0.29, 0.717) is 0 Å². The fourth-order valence-electron chi connectivity index (χ4n) is 0.134. The van der Waals surface area contributed by atoms with E-state index in [1.54, 1.807) is 0 Å². The van der Waals surface area contributed by atoms with Crippen LogP contribution in [0.15, 0.2) is 11.7 Å². The molecule has 3 N–H and O–H groups in total. The lowest BCUT2D eigenvalue weighted by Crippen LogP contribution is -2.26. The predicted molar refractivity (Wildman–Crippen MR) is 27.7 cm³/mol. The molecule has 4 heteroatoms. The van der Waals surface area contributed by atoms with Crippen molar-refractivity contribution in [1.82, 2.24) is 5.32 Å². The molecule has 0 spiro atoms. The molecule has 0 fully saturated rings. The van der Waals surface area contributed by atoms with E-state index in [2.05, 4.69) is 12.3 Å². The Morgan fingerprint density at radius 2 is 2.29 bits per heavy atom. The highest BCUT2D eigenvalue weighted by atomic mass is 35.5. The number of halogens is 1. The van der Waals surface area contributed by atoms with E-state index in [1.807, 2.05) is 5.32 Å². The van der Waals surface area contributed by atoms with Crippen molar-refractivity contribution in [2.75, 3.05) is 0 Å². The molecule has 2 amide bonds. The van der Waals surface area contributed by atoms with Gasteiger partial charge in [0.05, 0.1) is 0 Å². The molecule has 0 radical (unpaired) electrons. The molecule has 0 saturated heterocycles. The standard InChI is InChI=1S/C3H5ClN2O/c1-2(4)6-3(5)7/h1H2,(H3,5,6,7). The third-order valence-electron chi connectivity index (χ3n) is 0.259. The lowest BCUT2D eigenvalue weighted by molar-refractivity contribution is 0.252. The Morgan fingerprint density at radius 3 is 2.29 bits per heavy atom. The van der Waals surface area contributed by atoms with Crippen LogP contribution >= 0.6 is 11.6 Å². The minimum absolute atomic E-state index is 0.0347. The zero-order chi connectivity index (χ0) is 5.86. The zero-order valence-electron chi connectivity index (χ0n) is 3.57. The fourth-order valence-corrected chi connectivity index (χ4v) is 0.227. The van der Waals surface area contributed by atoms with Crippen LogP contribution in [0.5, 0.6) is 0 Å². The van der Waals surface area contributed by atoms with E-state index in [9.17, 15) is 4.79 Å². The number of nitrogens with two attached hydrogens (primary N) is 1. The van der Waals surface area contributed by atoms with Crippen LogP contribution in [0.3, 0.4) is 0 Å². The van der Waals surface area contributed by atoms with E-state index in [0.717, 1.165) is 0 Å². The summed E-state index contributed by atoms with van der Waals surface area (Å²) >= 11 is 5.07. The van der Waals surface area contributed by atoms with Gasteiger partial charge in [-0.15, -0.1) is 0 Å². The van der Waals surface area contributed by atoms with Gasteiger partial charge in [-0.05, 0) is 0 Å². The average molecular weight is 121 g/mol. The van der Waals surface area contributed by atoms with E-state index < -0.39 is 6.03 Å². The molecule has 0 heterocycles. The van der Waals surface area contributed by atoms with Crippen LogP contribution in [0.2, 0.25) is 0 Å². The number of nitrogens with one attached hydrogen (secondary N) is 1. The number of carbonyl (C=O) groups is 1. The van der Waals surface area contributed by atoms with Crippen molar-refractivity contribution < 1.29 is 4.79 Å². The van der Waals surface area contributed by atoms with Crippen molar-refractivity contribution in [2.24, 2.45) is 5.73 Å². The first-order chi connectivity index (χ1) is 3.13. The zero-order valence-corrected chi connectivity index (χ0v) is 4.33. The summed E-state index contributed by atoms with van der Waals surface area (Å²) in [5.74, 6) is 0. The van der Waals surface area contributed by atoms with Gasteiger partial charge in [0.2, 0.25) is 0 Å². The van der Waals surface area contributed by atoms with Gasteiger partial charge < -0.3 is 5.73 Å². The summed E-state index contributed by atoms with van der Waals surface area (Å²) in [7, 11) is 0. The SMILES string of the molecule is C=C(Cl)NC(N)=O. The second-order valence-corrected chi connectivity index (χ2v) is 1.35. The Morgan fingerprint density at radius 1 is 1.86 bits per heavy atom. The third kappa shape index (κ3) is 5.30. The van der Waals surface area contributed by atoms with Crippen molar-refractivity contribution in [3.63, 3.8) is 0 Å². The summed E-state index contributed by atoms with van der Waals surface area (Å²) in [5.41, 5.74) is 4.60. The topological polar surface area (TPSA) is 55.1 Å². The Labute approximate surface area is 46.1 Å². The summed E-state index contributed by atoms with van der Waals surface area (Å²) in [6.07, 6.45) is 0. The summed E-state index contributed by atoms with van der Waals surface area (Å²) in [5, 5.41) is 2.05. The Hall–Kier alpha value is -0.700. The number of primary amides is 1. The largest absolute Gasteiger partial charge is 0.351 e. The smallest absolute Gasteiger partial charge is 0.317 e. The quantitative estimate of drug-likeness (QED) is 0.483. The van der Waals surface area contributed by atoms with E-state index in [1.165, 1.54) is 0 Å². The molecule has 3 nitrogen and oxygen atoms in total. The number of urea groups is 1. The van der Waals surface area contributed by atoms with Crippen molar-refractivity contribution in [3.8, 4) is 0 Å². The molecule has 0 aliphatic carbocycles. The maximum absolute atomic E-state index is 9.78. The monoisotopic (exact) mass is 120 g/mol. The average Bonchev–Trinajstić information content (AvgIpc) is 1.27. The molecular weight excluding hydrogens is 115 g/mol. The molecule has 0 atom stereocenters.